The predicted octanol–water partition coefficient (Wildman–Crippen LogP) is 3.06. The van der Waals surface area contributed by atoms with Gasteiger partial charge in [0, 0.05) is 23.8 Å². The zero-order valence-corrected chi connectivity index (χ0v) is 10.3. The van der Waals surface area contributed by atoms with Crippen LogP contribution in [0.1, 0.15) is 12.5 Å². The first-order valence-corrected chi connectivity index (χ1v) is 5.95. The van der Waals surface area contributed by atoms with Gasteiger partial charge >= 0.3 is 5.97 Å². The number of benzene rings is 1. The first kappa shape index (κ1) is 11.1. The number of nitrogens with zero attached hydrogens (tertiary/aromatic N) is 1. The highest BCUT2D eigenvalue weighted by atomic mass is 79.9. The van der Waals surface area contributed by atoms with Crippen molar-refractivity contribution in [3.8, 4) is 5.75 Å². The molecule has 0 N–H and O–H groups in total. The maximum atomic E-state index is 10.9. The average Bonchev–Trinajstić information content (AvgIpc) is 2.28. The molecule has 0 saturated carbocycles. The number of halogens is 1. The summed E-state index contributed by atoms with van der Waals surface area (Å²) in [5, 5.41) is 1.73. The number of aromatic nitrogens is 1. The molecule has 0 unspecified atom stereocenters. The van der Waals surface area contributed by atoms with Crippen LogP contribution in [0.4, 0.5) is 0 Å². The average molecular weight is 280 g/mol. The summed E-state index contributed by atoms with van der Waals surface area (Å²) in [5.74, 6) is 0.171. The number of hydrogen-bond donors (Lipinski definition) is 0. The van der Waals surface area contributed by atoms with Gasteiger partial charge in [-0.3, -0.25) is 9.78 Å². The number of carbonyl (C=O) groups excluding carboxylic acids is 1. The standard InChI is InChI=1S/C12H10BrNO2/c1-8(15)16-11-4-2-3-10-5-9(6-13)7-14-12(10)11/h2-5,7H,6H2,1H3. The number of fused-ring (bicyclic) bond motifs is 1. The smallest absolute Gasteiger partial charge is 0.308 e. The number of pyridine rings is 1. The number of alkyl halides is 1. The largest absolute Gasteiger partial charge is 0.424 e. The summed E-state index contributed by atoms with van der Waals surface area (Å²) in [6, 6.07) is 7.55. The first-order valence-electron chi connectivity index (χ1n) is 4.83. The third-order valence-corrected chi connectivity index (χ3v) is 2.79. The van der Waals surface area contributed by atoms with Gasteiger partial charge < -0.3 is 4.74 Å². The van der Waals surface area contributed by atoms with Crippen LogP contribution in [0.25, 0.3) is 10.9 Å². The van der Waals surface area contributed by atoms with Crippen LogP contribution in [0.15, 0.2) is 30.5 Å². The fourth-order valence-corrected chi connectivity index (χ4v) is 1.80. The zero-order chi connectivity index (χ0) is 11.5. The molecule has 0 aliphatic carbocycles. The molecule has 1 heterocycles. The van der Waals surface area contributed by atoms with E-state index in [1.54, 1.807) is 12.3 Å². The molecule has 4 heteroatoms. The molecule has 82 valence electrons. The van der Waals surface area contributed by atoms with Gasteiger partial charge in [0.15, 0.2) is 5.75 Å². The monoisotopic (exact) mass is 279 g/mol. The molecule has 2 rings (SSSR count). The van der Waals surface area contributed by atoms with Crippen molar-refractivity contribution in [1.29, 1.82) is 0 Å². The van der Waals surface area contributed by atoms with Gasteiger partial charge in [-0.2, -0.15) is 0 Å². The van der Waals surface area contributed by atoms with Crippen molar-refractivity contribution in [2.24, 2.45) is 0 Å². The van der Waals surface area contributed by atoms with Crippen molar-refractivity contribution in [3.05, 3.63) is 36.0 Å². The van der Waals surface area contributed by atoms with E-state index in [9.17, 15) is 4.79 Å². The Bertz CT molecular complexity index is 540. The van der Waals surface area contributed by atoms with E-state index in [2.05, 4.69) is 20.9 Å². The lowest BCUT2D eigenvalue weighted by Gasteiger charge is -2.05. The van der Waals surface area contributed by atoms with Crippen molar-refractivity contribution in [2.75, 3.05) is 0 Å². The molecule has 0 radical (unpaired) electrons. The minimum absolute atomic E-state index is 0.334. The quantitative estimate of drug-likeness (QED) is 0.482. The molecule has 1 aromatic heterocycles. The lowest BCUT2D eigenvalue weighted by molar-refractivity contribution is -0.131. The SMILES string of the molecule is CC(=O)Oc1cccc2cc(CBr)cnc12. The lowest BCUT2D eigenvalue weighted by Crippen LogP contribution is -2.02. The second-order valence-corrected chi connectivity index (χ2v) is 3.96. The molecule has 0 amide bonds. The van der Waals surface area contributed by atoms with Crippen LogP contribution in [-0.4, -0.2) is 11.0 Å². The van der Waals surface area contributed by atoms with Gasteiger partial charge in [-0.1, -0.05) is 28.1 Å². The first-order chi connectivity index (χ1) is 7.70. The highest BCUT2D eigenvalue weighted by Crippen LogP contribution is 2.24. The number of hydrogen-bond acceptors (Lipinski definition) is 3. The van der Waals surface area contributed by atoms with E-state index in [0.29, 0.717) is 11.3 Å². The van der Waals surface area contributed by atoms with Crippen LogP contribution < -0.4 is 4.74 Å². The Kier molecular flexibility index (Phi) is 3.19. The number of para-hydroxylation sites is 1. The molecular weight excluding hydrogens is 270 g/mol. The summed E-state index contributed by atoms with van der Waals surface area (Å²) in [5.41, 5.74) is 1.80. The molecule has 0 aliphatic heterocycles. The zero-order valence-electron chi connectivity index (χ0n) is 8.74. The molecule has 0 spiro atoms. The molecular formula is C12H10BrNO2. The molecule has 3 nitrogen and oxygen atoms in total. The van der Waals surface area contributed by atoms with E-state index in [1.807, 2.05) is 18.2 Å². The Labute approximate surface area is 102 Å². The predicted molar refractivity (Wildman–Crippen MR) is 65.7 cm³/mol. The number of esters is 1. The van der Waals surface area contributed by atoms with Crippen LogP contribution in [0, 0.1) is 0 Å². The van der Waals surface area contributed by atoms with Gasteiger partial charge in [-0.25, -0.2) is 0 Å². The summed E-state index contributed by atoms with van der Waals surface area (Å²) in [4.78, 5) is 15.2. The second-order valence-electron chi connectivity index (χ2n) is 3.40. The number of ether oxygens (including phenoxy) is 1. The summed E-state index contributed by atoms with van der Waals surface area (Å²) >= 11 is 3.38. The van der Waals surface area contributed by atoms with Crippen LogP contribution >= 0.6 is 15.9 Å². The van der Waals surface area contributed by atoms with Gasteiger partial charge in [0.05, 0.1) is 0 Å². The minimum atomic E-state index is -0.334. The summed E-state index contributed by atoms with van der Waals surface area (Å²) in [6.07, 6.45) is 1.77. The van der Waals surface area contributed by atoms with Crippen molar-refractivity contribution >= 4 is 32.8 Å². The summed E-state index contributed by atoms with van der Waals surface area (Å²) in [6.45, 7) is 1.38. The topological polar surface area (TPSA) is 39.2 Å². The Hall–Kier alpha value is -1.42. The second kappa shape index (κ2) is 4.61. The van der Waals surface area contributed by atoms with Crippen molar-refractivity contribution in [3.63, 3.8) is 0 Å². The van der Waals surface area contributed by atoms with Crippen LogP contribution in [0.2, 0.25) is 0 Å². The Morgan fingerprint density at radius 2 is 2.31 bits per heavy atom. The summed E-state index contributed by atoms with van der Waals surface area (Å²) < 4.78 is 5.09. The van der Waals surface area contributed by atoms with E-state index in [4.69, 9.17) is 4.74 Å². The van der Waals surface area contributed by atoms with E-state index in [0.717, 1.165) is 16.3 Å². The van der Waals surface area contributed by atoms with Gasteiger partial charge in [-0.05, 0) is 17.7 Å². The molecule has 0 aliphatic rings. The van der Waals surface area contributed by atoms with E-state index < -0.39 is 0 Å². The fourth-order valence-electron chi connectivity index (χ4n) is 1.49. The highest BCUT2D eigenvalue weighted by molar-refractivity contribution is 9.08. The van der Waals surface area contributed by atoms with Crippen LogP contribution in [-0.2, 0) is 10.1 Å². The van der Waals surface area contributed by atoms with Crippen molar-refractivity contribution in [1.82, 2.24) is 4.98 Å². The Morgan fingerprint density at radius 1 is 1.50 bits per heavy atom. The van der Waals surface area contributed by atoms with Gasteiger partial charge in [0.25, 0.3) is 0 Å². The Morgan fingerprint density at radius 3 is 3.00 bits per heavy atom. The van der Waals surface area contributed by atoms with Crippen LogP contribution in [0.3, 0.4) is 0 Å². The molecule has 0 atom stereocenters. The molecule has 16 heavy (non-hydrogen) atoms. The number of rotatable bonds is 2. The summed E-state index contributed by atoms with van der Waals surface area (Å²) in [7, 11) is 0. The third-order valence-electron chi connectivity index (χ3n) is 2.14. The highest BCUT2D eigenvalue weighted by Gasteiger charge is 2.06. The van der Waals surface area contributed by atoms with E-state index in [-0.39, 0.29) is 5.97 Å². The maximum Gasteiger partial charge on any atom is 0.308 e. The minimum Gasteiger partial charge on any atom is -0.424 e. The van der Waals surface area contributed by atoms with Gasteiger partial charge in [-0.15, -0.1) is 0 Å². The molecule has 0 fully saturated rings. The van der Waals surface area contributed by atoms with Crippen molar-refractivity contribution < 1.29 is 9.53 Å². The lowest BCUT2D eigenvalue weighted by atomic mass is 10.1. The van der Waals surface area contributed by atoms with E-state index in [1.165, 1.54) is 6.92 Å². The van der Waals surface area contributed by atoms with Crippen molar-refractivity contribution in [2.45, 2.75) is 12.3 Å². The van der Waals surface area contributed by atoms with Gasteiger partial charge in [0.1, 0.15) is 5.52 Å². The number of carbonyl (C=O) groups is 1. The van der Waals surface area contributed by atoms with Crippen LogP contribution in [0.5, 0.6) is 5.75 Å². The maximum absolute atomic E-state index is 10.9. The molecule has 0 bridgehead atoms. The molecule has 2 aromatic rings. The fraction of sp³-hybridized carbons (Fsp3) is 0.167. The third kappa shape index (κ3) is 2.22. The Balaban J connectivity index is 2.55. The van der Waals surface area contributed by atoms with Gasteiger partial charge in [0.2, 0.25) is 0 Å². The van der Waals surface area contributed by atoms with E-state index >= 15 is 0 Å². The normalized spacial score (nSPS) is 10.4. The molecule has 1 aromatic carbocycles. The molecule has 0 saturated heterocycles.